The monoisotopic (exact) mass is 461 g/mol. The molecule has 1 spiro atoms. The molecule has 3 saturated heterocycles. The van der Waals surface area contributed by atoms with Gasteiger partial charge in [0.05, 0.1) is 43.4 Å². The number of benzene rings is 1. The summed E-state index contributed by atoms with van der Waals surface area (Å²) in [6, 6.07) is 7.60. The number of methoxy groups -OCH3 is 1. The lowest BCUT2D eigenvalue weighted by atomic mass is 9.73. The number of halogens is 1. The highest BCUT2D eigenvalue weighted by Gasteiger charge is 2.68. The fraction of sp³-hybridized carbons (Fsp3) is 0.500. The van der Waals surface area contributed by atoms with E-state index in [1.54, 1.807) is 22.9 Å². The number of nitrogens with two attached hydrogens (primary N) is 1. The molecular weight excluding hydrogens is 434 g/mol. The summed E-state index contributed by atoms with van der Waals surface area (Å²) < 4.78 is 13.3. The Balaban J connectivity index is 0.00000245. The molecule has 9 nitrogen and oxygen atoms in total. The van der Waals surface area contributed by atoms with Crippen LogP contribution in [0.4, 0.5) is 0 Å². The third-order valence-corrected chi connectivity index (χ3v) is 6.74. The molecule has 0 aliphatic carbocycles. The predicted octanol–water partition coefficient (Wildman–Crippen LogP) is 0.884. The number of carbonyl (C=O) groups excluding carboxylic acids is 2. The van der Waals surface area contributed by atoms with Crippen LogP contribution in [0.5, 0.6) is 5.75 Å². The maximum atomic E-state index is 13.1. The van der Waals surface area contributed by atoms with Gasteiger partial charge in [-0.05, 0) is 25.0 Å². The van der Waals surface area contributed by atoms with Gasteiger partial charge in [-0.15, -0.1) is 12.4 Å². The van der Waals surface area contributed by atoms with Gasteiger partial charge in [0.25, 0.3) is 0 Å². The average molecular weight is 462 g/mol. The maximum absolute atomic E-state index is 13.1. The molecule has 0 saturated carbocycles. The number of hydrogen-bond acceptors (Lipinski definition) is 6. The molecule has 3 N–H and O–H groups in total. The summed E-state index contributed by atoms with van der Waals surface area (Å²) in [6.45, 7) is 1.78. The molecule has 0 radical (unpaired) electrons. The first kappa shape index (κ1) is 22.6. The molecule has 3 aliphatic heterocycles. The van der Waals surface area contributed by atoms with E-state index in [2.05, 4.69) is 10.4 Å². The zero-order valence-electron chi connectivity index (χ0n) is 17.9. The van der Waals surface area contributed by atoms with Crippen molar-refractivity contribution >= 4 is 24.2 Å². The number of rotatable bonds is 7. The van der Waals surface area contributed by atoms with Crippen molar-refractivity contribution in [2.24, 2.45) is 17.6 Å². The topological polar surface area (TPSA) is 112 Å². The minimum Gasteiger partial charge on any atom is -0.494 e. The van der Waals surface area contributed by atoms with Crippen LogP contribution >= 0.6 is 12.4 Å². The molecule has 3 fully saturated rings. The van der Waals surface area contributed by atoms with Gasteiger partial charge >= 0.3 is 0 Å². The number of likely N-dealkylation sites (tertiary alicyclic amines) is 1. The third kappa shape index (κ3) is 3.54. The van der Waals surface area contributed by atoms with E-state index in [0.717, 1.165) is 24.1 Å². The minimum atomic E-state index is -0.520. The highest BCUT2D eigenvalue weighted by molar-refractivity contribution is 5.92. The fourth-order valence-electron chi connectivity index (χ4n) is 5.39. The number of nitrogens with zero attached hydrogens (tertiary/aromatic N) is 3. The largest absolute Gasteiger partial charge is 0.494 e. The summed E-state index contributed by atoms with van der Waals surface area (Å²) in [7, 11) is 1.62. The molecule has 10 heteroatoms. The molecule has 3 aliphatic rings. The number of aromatic nitrogens is 2. The smallest absolute Gasteiger partial charge is 0.229 e. The Morgan fingerprint density at radius 1 is 1.41 bits per heavy atom. The van der Waals surface area contributed by atoms with Gasteiger partial charge in [-0.3, -0.25) is 9.59 Å². The second-order valence-corrected chi connectivity index (χ2v) is 8.49. The number of fused-ring (bicyclic) bond motifs is 1. The van der Waals surface area contributed by atoms with Gasteiger partial charge < -0.3 is 25.4 Å². The summed E-state index contributed by atoms with van der Waals surface area (Å²) in [6.07, 6.45) is 5.02. The molecule has 32 heavy (non-hydrogen) atoms. The van der Waals surface area contributed by atoms with Gasteiger partial charge in [-0.2, -0.15) is 5.10 Å². The predicted molar refractivity (Wildman–Crippen MR) is 119 cm³/mol. The van der Waals surface area contributed by atoms with Crippen LogP contribution < -0.4 is 15.8 Å². The molecule has 0 unspecified atom stereocenters. The highest BCUT2D eigenvalue weighted by atomic mass is 35.5. The highest BCUT2D eigenvalue weighted by Crippen LogP contribution is 2.55. The number of nitrogens with one attached hydrogen (secondary N) is 1. The number of hydrogen-bond donors (Lipinski definition) is 2. The van der Waals surface area contributed by atoms with Crippen molar-refractivity contribution in [2.45, 2.75) is 31.1 Å². The molecule has 5 rings (SSSR count). The van der Waals surface area contributed by atoms with Gasteiger partial charge in [0.1, 0.15) is 11.4 Å². The van der Waals surface area contributed by atoms with Crippen molar-refractivity contribution in [1.82, 2.24) is 20.0 Å². The van der Waals surface area contributed by atoms with Crippen LogP contribution in [0, 0.1) is 11.8 Å². The van der Waals surface area contributed by atoms with E-state index in [9.17, 15) is 9.59 Å². The van der Waals surface area contributed by atoms with E-state index in [1.165, 1.54) is 0 Å². The molecule has 1 aromatic heterocycles. The molecule has 4 atom stereocenters. The van der Waals surface area contributed by atoms with E-state index >= 15 is 0 Å². The van der Waals surface area contributed by atoms with Crippen molar-refractivity contribution in [3.8, 4) is 11.4 Å². The van der Waals surface area contributed by atoms with Crippen LogP contribution in [0.1, 0.15) is 18.4 Å². The quantitative estimate of drug-likeness (QED) is 0.633. The standard InChI is InChI=1S/C22H27N5O4.ClH/c1-30-16-5-3-2-4-15(16)27-12-14(11-25-27)10-24-20(28)18-17-6-7-22(31-17)13-26(9-8-23)21(29)19(18)22;/h2-5,11-12,17-19H,6-10,13,23H2,1H3,(H,24,28);1H/t17-,18-,19+,22-;/m0./s1. The SMILES string of the molecule is COc1ccccc1-n1cc(CNC(=O)[C@H]2[C@@H]3CC[C@@]4(CN(CCN)C(=O)[C@@H]24)O3)cn1.Cl. The first-order chi connectivity index (χ1) is 15.1. The Morgan fingerprint density at radius 3 is 3.00 bits per heavy atom. The lowest BCUT2D eigenvalue weighted by Crippen LogP contribution is -2.45. The number of ether oxygens (including phenoxy) is 2. The molecule has 4 heterocycles. The molecule has 1 aromatic carbocycles. The zero-order valence-corrected chi connectivity index (χ0v) is 18.7. The van der Waals surface area contributed by atoms with Gasteiger partial charge in [0, 0.05) is 31.4 Å². The Labute approximate surface area is 192 Å². The van der Waals surface area contributed by atoms with E-state index in [-0.39, 0.29) is 30.3 Å². The zero-order chi connectivity index (χ0) is 21.6. The van der Waals surface area contributed by atoms with Crippen LogP contribution in [0.2, 0.25) is 0 Å². The summed E-state index contributed by atoms with van der Waals surface area (Å²) in [5, 5.41) is 7.39. The molecule has 2 amide bonds. The normalized spacial score (nSPS) is 27.9. The van der Waals surface area contributed by atoms with Crippen LogP contribution in [-0.2, 0) is 20.9 Å². The maximum Gasteiger partial charge on any atom is 0.229 e. The first-order valence-corrected chi connectivity index (χ1v) is 10.7. The Morgan fingerprint density at radius 2 is 2.22 bits per heavy atom. The Hall–Kier alpha value is -2.62. The Kier molecular flexibility index (Phi) is 6.15. The van der Waals surface area contributed by atoms with Crippen LogP contribution in [0.3, 0.4) is 0 Å². The average Bonchev–Trinajstić information content (AvgIpc) is 3.54. The summed E-state index contributed by atoms with van der Waals surface area (Å²) in [5.41, 5.74) is 6.82. The Bertz CT molecular complexity index is 1010. The third-order valence-electron chi connectivity index (χ3n) is 6.74. The summed E-state index contributed by atoms with van der Waals surface area (Å²) in [4.78, 5) is 27.8. The number of carbonyl (C=O) groups is 2. The molecule has 2 aromatic rings. The fourth-order valence-corrected chi connectivity index (χ4v) is 5.39. The van der Waals surface area contributed by atoms with E-state index < -0.39 is 17.4 Å². The van der Waals surface area contributed by atoms with Crippen molar-refractivity contribution in [1.29, 1.82) is 0 Å². The van der Waals surface area contributed by atoms with E-state index in [1.807, 2.05) is 30.5 Å². The van der Waals surface area contributed by atoms with Crippen LogP contribution in [-0.4, -0.2) is 64.9 Å². The molecule has 172 valence electrons. The van der Waals surface area contributed by atoms with Crippen LogP contribution in [0.15, 0.2) is 36.7 Å². The second-order valence-electron chi connectivity index (χ2n) is 8.49. The molecule has 2 bridgehead atoms. The lowest BCUT2D eigenvalue weighted by molar-refractivity contribution is -0.138. The number of amides is 2. The van der Waals surface area contributed by atoms with Crippen molar-refractivity contribution in [2.75, 3.05) is 26.7 Å². The second kappa shape index (κ2) is 8.73. The summed E-state index contributed by atoms with van der Waals surface area (Å²) >= 11 is 0. The lowest BCUT2D eigenvalue weighted by Gasteiger charge is -2.26. The van der Waals surface area contributed by atoms with Crippen molar-refractivity contribution in [3.05, 3.63) is 42.2 Å². The van der Waals surface area contributed by atoms with Crippen molar-refractivity contribution < 1.29 is 19.1 Å². The molecular formula is C22H28ClN5O4. The van der Waals surface area contributed by atoms with Crippen LogP contribution in [0.25, 0.3) is 5.69 Å². The van der Waals surface area contributed by atoms with Crippen molar-refractivity contribution in [3.63, 3.8) is 0 Å². The number of para-hydroxylation sites is 2. The van der Waals surface area contributed by atoms with Gasteiger partial charge in [0.15, 0.2) is 0 Å². The summed E-state index contributed by atoms with van der Waals surface area (Å²) in [5.74, 6) is -0.281. The van der Waals surface area contributed by atoms with Gasteiger partial charge in [-0.1, -0.05) is 12.1 Å². The first-order valence-electron chi connectivity index (χ1n) is 10.7. The minimum absolute atomic E-state index is 0. The van der Waals surface area contributed by atoms with E-state index in [4.69, 9.17) is 15.2 Å². The van der Waals surface area contributed by atoms with E-state index in [0.29, 0.717) is 31.9 Å². The van der Waals surface area contributed by atoms with Gasteiger partial charge in [-0.25, -0.2) is 4.68 Å². The van der Waals surface area contributed by atoms with Gasteiger partial charge in [0.2, 0.25) is 11.8 Å².